The van der Waals surface area contributed by atoms with Crippen LogP contribution in [0.1, 0.15) is 70.6 Å². The third-order valence-electron chi connectivity index (χ3n) is 4.78. The number of aliphatic hydroxyl groups is 1. The molecule has 1 heterocycles. The van der Waals surface area contributed by atoms with E-state index in [1.54, 1.807) is 0 Å². The molecule has 0 aromatic rings. The number of carbonyl (C=O) groups excluding carboxylic acids is 1. The highest BCUT2D eigenvalue weighted by Gasteiger charge is 2.28. The molecule has 1 saturated heterocycles. The average molecular weight is 282 g/mol. The van der Waals surface area contributed by atoms with Crippen LogP contribution in [0.3, 0.4) is 0 Å². The summed E-state index contributed by atoms with van der Waals surface area (Å²) in [6.07, 6.45) is 11.5. The summed E-state index contributed by atoms with van der Waals surface area (Å²) in [6, 6.07) is 0.510. The lowest BCUT2D eigenvalue weighted by molar-refractivity contribution is -0.122. The van der Waals surface area contributed by atoms with E-state index in [-0.39, 0.29) is 5.91 Å². The zero-order valence-electron chi connectivity index (χ0n) is 12.6. The van der Waals surface area contributed by atoms with E-state index in [4.69, 9.17) is 0 Å². The van der Waals surface area contributed by atoms with Crippen LogP contribution in [-0.2, 0) is 4.79 Å². The molecule has 0 bridgehead atoms. The summed E-state index contributed by atoms with van der Waals surface area (Å²) in [4.78, 5) is 11.9. The number of carbonyl (C=O) groups is 1. The van der Waals surface area contributed by atoms with Crippen LogP contribution in [0.2, 0.25) is 0 Å². The Labute approximate surface area is 122 Å². The SMILES string of the molecule is O=C(CCC1CCCCN1)NCC1(O)CCCCCC1. The van der Waals surface area contributed by atoms with Gasteiger partial charge in [0.2, 0.25) is 5.91 Å². The number of amides is 1. The normalized spacial score (nSPS) is 26.8. The molecule has 0 aromatic heterocycles. The summed E-state index contributed by atoms with van der Waals surface area (Å²) in [7, 11) is 0. The molecule has 2 aliphatic rings. The first-order chi connectivity index (χ1) is 9.68. The van der Waals surface area contributed by atoms with Gasteiger partial charge in [0, 0.05) is 19.0 Å². The van der Waals surface area contributed by atoms with Crippen molar-refractivity contribution in [2.75, 3.05) is 13.1 Å². The summed E-state index contributed by atoms with van der Waals surface area (Å²) in [6.45, 7) is 1.52. The first-order valence-electron chi connectivity index (χ1n) is 8.40. The summed E-state index contributed by atoms with van der Waals surface area (Å²) in [5.74, 6) is 0.0926. The second-order valence-electron chi connectivity index (χ2n) is 6.60. The van der Waals surface area contributed by atoms with Crippen molar-refractivity contribution in [2.45, 2.75) is 82.3 Å². The zero-order valence-corrected chi connectivity index (χ0v) is 12.6. The Hall–Kier alpha value is -0.610. The minimum Gasteiger partial charge on any atom is -0.388 e. The lowest BCUT2D eigenvalue weighted by Crippen LogP contribution is -2.43. The molecule has 1 aliphatic carbocycles. The van der Waals surface area contributed by atoms with Gasteiger partial charge >= 0.3 is 0 Å². The highest BCUT2D eigenvalue weighted by molar-refractivity contribution is 5.75. The monoisotopic (exact) mass is 282 g/mol. The maximum Gasteiger partial charge on any atom is 0.220 e. The van der Waals surface area contributed by atoms with Crippen molar-refractivity contribution >= 4 is 5.91 Å². The van der Waals surface area contributed by atoms with Gasteiger partial charge in [0.15, 0.2) is 0 Å². The van der Waals surface area contributed by atoms with Gasteiger partial charge in [-0.2, -0.15) is 0 Å². The Balaban J connectivity index is 1.63. The molecule has 4 nitrogen and oxygen atoms in total. The molecule has 1 amide bonds. The van der Waals surface area contributed by atoms with Gasteiger partial charge < -0.3 is 15.7 Å². The molecule has 4 heteroatoms. The van der Waals surface area contributed by atoms with Crippen molar-refractivity contribution < 1.29 is 9.90 Å². The maximum absolute atomic E-state index is 11.9. The largest absolute Gasteiger partial charge is 0.388 e. The fourth-order valence-corrected chi connectivity index (χ4v) is 3.39. The standard InChI is InChI=1S/C16H30N2O2/c19-15(9-8-14-7-3-6-12-17-14)18-13-16(20)10-4-1-2-5-11-16/h14,17,20H,1-13H2,(H,18,19). The first-order valence-corrected chi connectivity index (χ1v) is 8.40. The van der Waals surface area contributed by atoms with E-state index in [2.05, 4.69) is 10.6 Å². The molecule has 0 aromatic carbocycles. The van der Waals surface area contributed by atoms with E-state index in [1.807, 2.05) is 0 Å². The number of rotatable bonds is 5. The number of hydrogen-bond donors (Lipinski definition) is 3. The average Bonchev–Trinajstić information content (AvgIpc) is 2.69. The third kappa shape index (κ3) is 5.41. The van der Waals surface area contributed by atoms with Gasteiger partial charge in [-0.3, -0.25) is 4.79 Å². The fourth-order valence-electron chi connectivity index (χ4n) is 3.39. The maximum atomic E-state index is 11.9. The van der Waals surface area contributed by atoms with Crippen LogP contribution >= 0.6 is 0 Å². The quantitative estimate of drug-likeness (QED) is 0.677. The Bertz CT molecular complexity index is 293. The summed E-state index contributed by atoms with van der Waals surface area (Å²) >= 11 is 0. The molecule has 3 N–H and O–H groups in total. The van der Waals surface area contributed by atoms with E-state index in [0.717, 1.165) is 38.6 Å². The van der Waals surface area contributed by atoms with Crippen LogP contribution in [-0.4, -0.2) is 35.7 Å². The fraction of sp³-hybridized carbons (Fsp3) is 0.938. The molecule has 1 aliphatic heterocycles. The van der Waals surface area contributed by atoms with Crippen molar-refractivity contribution in [3.63, 3.8) is 0 Å². The lowest BCUT2D eigenvalue weighted by Gasteiger charge is -2.27. The Morgan fingerprint density at radius 3 is 2.55 bits per heavy atom. The van der Waals surface area contributed by atoms with E-state index < -0.39 is 5.60 Å². The Kier molecular flexibility index (Phi) is 6.30. The van der Waals surface area contributed by atoms with E-state index in [0.29, 0.717) is 19.0 Å². The summed E-state index contributed by atoms with van der Waals surface area (Å²) < 4.78 is 0. The molecule has 2 fully saturated rings. The van der Waals surface area contributed by atoms with Crippen molar-refractivity contribution in [2.24, 2.45) is 0 Å². The van der Waals surface area contributed by atoms with Gasteiger partial charge in [0.1, 0.15) is 0 Å². The van der Waals surface area contributed by atoms with Crippen molar-refractivity contribution in [3.8, 4) is 0 Å². The molecule has 1 atom stereocenters. The van der Waals surface area contributed by atoms with Crippen LogP contribution in [0.5, 0.6) is 0 Å². The predicted octanol–water partition coefficient (Wildman–Crippen LogP) is 2.11. The molecular formula is C16H30N2O2. The predicted molar refractivity (Wildman–Crippen MR) is 80.5 cm³/mol. The molecule has 0 spiro atoms. The van der Waals surface area contributed by atoms with Gasteiger partial charge in [-0.15, -0.1) is 0 Å². The van der Waals surface area contributed by atoms with E-state index in [9.17, 15) is 9.90 Å². The van der Waals surface area contributed by atoms with Crippen molar-refractivity contribution in [1.29, 1.82) is 0 Å². The summed E-state index contributed by atoms with van der Waals surface area (Å²) in [5.41, 5.74) is -0.657. The molecule has 20 heavy (non-hydrogen) atoms. The molecule has 116 valence electrons. The zero-order chi connectivity index (χ0) is 14.3. The van der Waals surface area contributed by atoms with E-state index >= 15 is 0 Å². The van der Waals surface area contributed by atoms with Crippen LogP contribution in [0.4, 0.5) is 0 Å². The highest BCUT2D eigenvalue weighted by atomic mass is 16.3. The highest BCUT2D eigenvalue weighted by Crippen LogP contribution is 2.26. The molecule has 1 saturated carbocycles. The van der Waals surface area contributed by atoms with Crippen LogP contribution in [0.15, 0.2) is 0 Å². The van der Waals surface area contributed by atoms with Crippen LogP contribution in [0.25, 0.3) is 0 Å². The lowest BCUT2D eigenvalue weighted by atomic mass is 9.94. The molecule has 0 radical (unpaired) electrons. The smallest absolute Gasteiger partial charge is 0.220 e. The van der Waals surface area contributed by atoms with Crippen molar-refractivity contribution in [1.82, 2.24) is 10.6 Å². The minimum absolute atomic E-state index is 0.0926. The van der Waals surface area contributed by atoms with Gasteiger partial charge in [0.25, 0.3) is 0 Å². The van der Waals surface area contributed by atoms with Crippen LogP contribution < -0.4 is 10.6 Å². The minimum atomic E-state index is -0.657. The van der Waals surface area contributed by atoms with Gasteiger partial charge in [-0.05, 0) is 38.6 Å². The second kappa shape index (κ2) is 7.99. The summed E-state index contributed by atoms with van der Waals surface area (Å²) in [5, 5.41) is 16.9. The number of piperidine rings is 1. The van der Waals surface area contributed by atoms with Gasteiger partial charge in [0.05, 0.1) is 5.60 Å². The third-order valence-corrected chi connectivity index (χ3v) is 4.78. The molecular weight excluding hydrogens is 252 g/mol. The Morgan fingerprint density at radius 2 is 1.90 bits per heavy atom. The molecule has 2 rings (SSSR count). The van der Waals surface area contributed by atoms with Gasteiger partial charge in [-0.1, -0.05) is 32.1 Å². The van der Waals surface area contributed by atoms with Crippen LogP contribution in [0, 0.1) is 0 Å². The number of nitrogens with one attached hydrogen (secondary N) is 2. The van der Waals surface area contributed by atoms with Gasteiger partial charge in [-0.25, -0.2) is 0 Å². The topological polar surface area (TPSA) is 61.4 Å². The second-order valence-corrected chi connectivity index (χ2v) is 6.60. The van der Waals surface area contributed by atoms with Crippen molar-refractivity contribution in [3.05, 3.63) is 0 Å². The number of hydrogen-bond acceptors (Lipinski definition) is 3. The van der Waals surface area contributed by atoms with E-state index in [1.165, 1.54) is 32.1 Å². The Morgan fingerprint density at radius 1 is 1.15 bits per heavy atom. The first kappa shape index (κ1) is 15.8. The molecule has 1 unspecified atom stereocenters.